The smallest absolute Gasteiger partial charge is 0.226 e. The van der Waals surface area contributed by atoms with E-state index in [0.717, 1.165) is 42.6 Å². The largest absolute Gasteiger partial charge is 0.355 e. The van der Waals surface area contributed by atoms with E-state index < -0.39 is 0 Å². The van der Waals surface area contributed by atoms with E-state index >= 15 is 0 Å². The average Bonchev–Trinajstić information content (AvgIpc) is 2.59. The topological polar surface area (TPSA) is 71.1 Å². The van der Waals surface area contributed by atoms with Gasteiger partial charge in [-0.3, -0.25) is 14.6 Å². The average molecular weight is 341 g/mol. The zero-order chi connectivity index (χ0) is 17.3. The van der Waals surface area contributed by atoms with Crippen LogP contribution in [-0.2, 0) is 16.1 Å². The SMILES string of the molecule is O=C(CCNC(=O)C12CC3CC(CC(C3)C1)C2)NCc1ccncc1. The Morgan fingerprint density at radius 2 is 1.60 bits per heavy atom. The van der Waals surface area contributed by atoms with E-state index in [0.29, 0.717) is 19.5 Å². The molecule has 1 heterocycles. The van der Waals surface area contributed by atoms with E-state index in [1.54, 1.807) is 12.4 Å². The lowest BCUT2D eigenvalue weighted by Gasteiger charge is -2.55. The lowest BCUT2D eigenvalue weighted by atomic mass is 9.49. The van der Waals surface area contributed by atoms with Crippen molar-refractivity contribution in [2.45, 2.75) is 51.5 Å². The quantitative estimate of drug-likeness (QED) is 0.835. The maximum Gasteiger partial charge on any atom is 0.226 e. The van der Waals surface area contributed by atoms with Crippen LogP contribution in [0.5, 0.6) is 0 Å². The van der Waals surface area contributed by atoms with Crippen molar-refractivity contribution >= 4 is 11.8 Å². The molecule has 4 aliphatic rings. The minimum absolute atomic E-state index is 0.0253. The zero-order valence-corrected chi connectivity index (χ0v) is 14.7. The fourth-order valence-corrected chi connectivity index (χ4v) is 5.66. The molecule has 0 spiro atoms. The highest BCUT2D eigenvalue weighted by Gasteiger charge is 2.54. The molecule has 0 aromatic carbocycles. The van der Waals surface area contributed by atoms with E-state index in [1.165, 1.54) is 19.3 Å². The van der Waals surface area contributed by atoms with Gasteiger partial charge in [-0.15, -0.1) is 0 Å². The number of hydrogen-bond acceptors (Lipinski definition) is 3. The Balaban J connectivity index is 1.22. The van der Waals surface area contributed by atoms with Crippen LogP contribution in [0.15, 0.2) is 24.5 Å². The maximum atomic E-state index is 12.8. The van der Waals surface area contributed by atoms with Crippen molar-refractivity contribution in [3.05, 3.63) is 30.1 Å². The fourth-order valence-electron chi connectivity index (χ4n) is 5.66. The summed E-state index contributed by atoms with van der Waals surface area (Å²) in [5, 5.41) is 5.95. The first-order valence-electron chi connectivity index (χ1n) is 9.57. The van der Waals surface area contributed by atoms with Crippen LogP contribution in [-0.4, -0.2) is 23.3 Å². The van der Waals surface area contributed by atoms with Gasteiger partial charge in [-0.05, 0) is 74.0 Å². The second kappa shape index (κ2) is 6.77. The van der Waals surface area contributed by atoms with Gasteiger partial charge in [0, 0.05) is 37.3 Å². The first-order valence-corrected chi connectivity index (χ1v) is 9.57. The van der Waals surface area contributed by atoms with Crippen LogP contribution >= 0.6 is 0 Å². The summed E-state index contributed by atoms with van der Waals surface area (Å²) in [6.45, 7) is 0.938. The summed E-state index contributed by atoms with van der Waals surface area (Å²) in [4.78, 5) is 28.7. The van der Waals surface area contributed by atoms with Crippen LogP contribution in [0.4, 0.5) is 0 Å². The van der Waals surface area contributed by atoms with Crippen molar-refractivity contribution in [2.75, 3.05) is 6.54 Å². The van der Waals surface area contributed by atoms with Crippen LogP contribution in [0.2, 0.25) is 0 Å². The summed E-state index contributed by atoms with van der Waals surface area (Å²) in [6, 6.07) is 3.77. The van der Waals surface area contributed by atoms with Crippen LogP contribution in [0.3, 0.4) is 0 Å². The predicted octanol–water partition coefficient (Wildman–Crippen LogP) is 2.42. The molecule has 5 rings (SSSR count). The highest BCUT2D eigenvalue weighted by atomic mass is 16.2. The molecule has 0 saturated heterocycles. The Morgan fingerprint density at radius 3 is 2.20 bits per heavy atom. The molecule has 1 aromatic rings. The van der Waals surface area contributed by atoms with Gasteiger partial charge in [0.05, 0.1) is 0 Å². The van der Waals surface area contributed by atoms with E-state index in [1.807, 2.05) is 12.1 Å². The molecule has 25 heavy (non-hydrogen) atoms. The molecule has 5 heteroatoms. The van der Waals surface area contributed by atoms with Crippen molar-refractivity contribution in [3.63, 3.8) is 0 Å². The molecule has 0 radical (unpaired) electrons. The molecule has 4 aliphatic carbocycles. The number of hydrogen-bond donors (Lipinski definition) is 2. The molecule has 0 aliphatic heterocycles. The molecule has 4 bridgehead atoms. The Kier molecular flexibility index (Phi) is 4.48. The monoisotopic (exact) mass is 341 g/mol. The van der Waals surface area contributed by atoms with E-state index in [-0.39, 0.29) is 17.2 Å². The highest BCUT2D eigenvalue weighted by Crippen LogP contribution is 2.60. The molecule has 0 atom stereocenters. The van der Waals surface area contributed by atoms with Crippen molar-refractivity contribution < 1.29 is 9.59 Å². The number of nitrogens with one attached hydrogen (secondary N) is 2. The van der Waals surface area contributed by atoms with Gasteiger partial charge in [-0.25, -0.2) is 0 Å². The van der Waals surface area contributed by atoms with Gasteiger partial charge in [0.25, 0.3) is 0 Å². The van der Waals surface area contributed by atoms with Gasteiger partial charge in [-0.1, -0.05) is 0 Å². The standard InChI is InChI=1S/C20H27N3O2/c24-18(23-13-14-1-4-21-5-2-14)3-6-22-19(25)20-10-15-7-16(11-20)9-17(8-15)12-20/h1-2,4-5,15-17H,3,6-13H2,(H,22,25)(H,23,24). The third-order valence-electron chi connectivity index (χ3n) is 6.40. The molecule has 4 saturated carbocycles. The van der Waals surface area contributed by atoms with Gasteiger partial charge in [0.1, 0.15) is 0 Å². The van der Waals surface area contributed by atoms with Gasteiger partial charge < -0.3 is 10.6 Å². The third-order valence-corrected chi connectivity index (χ3v) is 6.40. The summed E-state index contributed by atoms with van der Waals surface area (Å²) in [6.07, 6.45) is 11.0. The third kappa shape index (κ3) is 3.55. The summed E-state index contributed by atoms with van der Waals surface area (Å²) in [5.74, 6) is 2.47. The van der Waals surface area contributed by atoms with Gasteiger partial charge in [0.2, 0.25) is 11.8 Å². The number of carbonyl (C=O) groups excluding carboxylic acids is 2. The molecule has 134 valence electrons. The van der Waals surface area contributed by atoms with Crippen LogP contribution in [0.1, 0.15) is 50.5 Å². The highest BCUT2D eigenvalue weighted by molar-refractivity contribution is 5.84. The lowest BCUT2D eigenvalue weighted by Crippen LogP contribution is -2.53. The maximum absolute atomic E-state index is 12.8. The predicted molar refractivity (Wildman–Crippen MR) is 94.3 cm³/mol. The Labute approximate surface area is 149 Å². The van der Waals surface area contributed by atoms with Gasteiger partial charge >= 0.3 is 0 Å². The van der Waals surface area contributed by atoms with Crippen molar-refractivity contribution in [1.29, 1.82) is 0 Å². The summed E-state index contributed by atoms with van der Waals surface area (Å²) >= 11 is 0. The number of aromatic nitrogens is 1. The van der Waals surface area contributed by atoms with E-state index in [4.69, 9.17) is 0 Å². The Bertz CT molecular complexity index is 608. The molecular weight excluding hydrogens is 314 g/mol. The lowest BCUT2D eigenvalue weighted by molar-refractivity contribution is -0.146. The first-order chi connectivity index (χ1) is 12.1. The van der Waals surface area contributed by atoms with Gasteiger partial charge in [0.15, 0.2) is 0 Å². The molecule has 4 fully saturated rings. The van der Waals surface area contributed by atoms with Crippen LogP contribution < -0.4 is 10.6 Å². The zero-order valence-electron chi connectivity index (χ0n) is 14.7. The number of nitrogens with zero attached hydrogens (tertiary/aromatic N) is 1. The molecule has 5 nitrogen and oxygen atoms in total. The van der Waals surface area contributed by atoms with Gasteiger partial charge in [-0.2, -0.15) is 0 Å². The fraction of sp³-hybridized carbons (Fsp3) is 0.650. The second-order valence-electron chi connectivity index (χ2n) is 8.34. The molecular formula is C20H27N3O2. The van der Waals surface area contributed by atoms with Crippen molar-refractivity contribution in [3.8, 4) is 0 Å². The molecule has 2 N–H and O–H groups in total. The normalized spacial score (nSPS) is 32.4. The van der Waals surface area contributed by atoms with E-state index in [2.05, 4.69) is 15.6 Å². The molecule has 1 aromatic heterocycles. The number of rotatable bonds is 6. The molecule has 0 unspecified atom stereocenters. The Morgan fingerprint density at radius 1 is 1.00 bits per heavy atom. The number of amides is 2. The summed E-state index contributed by atoms with van der Waals surface area (Å²) in [5.41, 5.74) is 0.906. The summed E-state index contributed by atoms with van der Waals surface area (Å²) < 4.78 is 0. The second-order valence-corrected chi connectivity index (χ2v) is 8.34. The van der Waals surface area contributed by atoms with Crippen molar-refractivity contribution in [2.24, 2.45) is 23.2 Å². The molecule has 2 amide bonds. The van der Waals surface area contributed by atoms with E-state index in [9.17, 15) is 9.59 Å². The number of carbonyl (C=O) groups is 2. The van der Waals surface area contributed by atoms with Crippen molar-refractivity contribution in [1.82, 2.24) is 15.6 Å². The number of pyridine rings is 1. The van der Waals surface area contributed by atoms with Crippen LogP contribution in [0, 0.1) is 23.2 Å². The Hall–Kier alpha value is -1.91. The first kappa shape index (κ1) is 16.6. The minimum Gasteiger partial charge on any atom is -0.355 e. The van der Waals surface area contributed by atoms with Crippen LogP contribution in [0.25, 0.3) is 0 Å². The summed E-state index contributed by atoms with van der Waals surface area (Å²) in [7, 11) is 0. The minimum atomic E-state index is -0.123.